The van der Waals surface area contributed by atoms with Crippen LogP contribution in [0.1, 0.15) is 71.1 Å². The Morgan fingerprint density at radius 2 is 0.909 bits per heavy atom. The van der Waals surface area contributed by atoms with E-state index in [4.69, 9.17) is 28.4 Å². The van der Waals surface area contributed by atoms with Crippen molar-refractivity contribution < 1.29 is 28.4 Å². The van der Waals surface area contributed by atoms with Gasteiger partial charge in [0.25, 0.3) is 0 Å². The summed E-state index contributed by atoms with van der Waals surface area (Å²) >= 11 is 0. The lowest BCUT2D eigenvalue weighted by Gasteiger charge is -2.23. The maximum atomic E-state index is 5.14. The van der Waals surface area contributed by atoms with Gasteiger partial charge in [0.1, 0.15) is 0 Å². The monoisotopic (exact) mass is 338 g/mol. The highest BCUT2D eigenvalue weighted by molar-refractivity contribution is 6.59. The number of hydrogen-bond acceptors (Lipinski definition) is 6. The van der Waals surface area contributed by atoms with Crippen LogP contribution in [0.4, 0.5) is 0 Å². The molecule has 0 fully saturated rings. The summed E-state index contributed by atoms with van der Waals surface area (Å²) in [5.74, 6) is 0. The molecular formula is C15H34O6Si. The van der Waals surface area contributed by atoms with Crippen LogP contribution in [-0.2, 0) is 28.4 Å². The van der Waals surface area contributed by atoms with Gasteiger partial charge < -0.3 is 0 Å². The molecule has 0 radical (unpaired) electrons. The van der Waals surface area contributed by atoms with Gasteiger partial charge in [0, 0.05) is 6.04 Å². The zero-order valence-electron chi connectivity index (χ0n) is 14.7. The SMILES string of the molecule is CCCCCCCCCCCC[Si](OOC)(OOC)OOC. The highest BCUT2D eigenvalue weighted by Crippen LogP contribution is 2.21. The minimum Gasteiger partial charge on any atom is -0.246 e. The molecule has 134 valence electrons. The summed E-state index contributed by atoms with van der Waals surface area (Å²) in [5.41, 5.74) is 0. The molecule has 0 aromatic carbocycles. The van der Waals surface area contributed by atoms with Gasteiger partial charge in [-0.1, -0.05) is 64.7 Å². The highest BCUT2D eigenvalue weighted by atomic mass is 28.4. The first kappa shape index (κ1) is 22.0. The Morgan fingerprint density at radius 3 is 1.27 bits per heavy atom. The minimum absolute atomic E-state index is 0.596. The third kappa shape index (κ3) is 11.5. The average Bonchev–Trinajstić information content (AvgIpc) is 2.50. The van der Waals surface area contributed by atoms with Crippen molar-refractivity contribution >= 4 is 8.80 Å². The van der Waals surface area contributed by atoms with E-state index in [1.165, 1.54) is 72.7 Å². The van der Waals surface area contributed by atoms with Crippen LogP contribution in [0.3, 0.4) is 0 Å². The Kier molecular flexibility index (Phi) is 15.8. The first-order valence-electron chi connectivity index (χ1n) is 8.40. The van der Waals surface area contributed by atoms with E-state index in [0.717, 1.165) is 12.8 Å². The van der Waals surface area contributed by atoms with E-state index in [1.807, 2.05) is 0 Å². The fourth-order valence-corrected chi connectivity index (χ4v) is 4.15. The minimum atomic E-state index is -3.05. The molecule has 0 N–H and O–H groups in total. The molecule has 0 bridgehead atoms. The van der Waals surface area contributed by atoms with Crippen LogP contribution >= 0.6 is 0 Å². The normalized spacial score (nSPS) is 12.0. The summed E-state index contributed by atoms with van der Waals surface area (Å²) in [6.07, 6.45) is 12.6. The van der Waals surface area contributed by atoms with Gasteiger partial charge in [-0.25, -0.2) is 28.4 Å². The highest BCUT2D eigenvalue weighted by Gasteiger charge is 2.46. The standard InChI is InChI=1S/C15H34O6Si/c1-5-6-7-8-9-10-11-12-13-14-15-22(19-16-2,20-17-3)21-18-4/h5-15H2,1-4H3. The lowest BCUT2D eigenvalue weighted by Crippen LogP contribution is -2.45. The second-order valence-corrected chi connectivity index (χ2v) is 7.73. The Hall–Kier alpha value is -0.0231. The van der Waals surface area contributed by atoms with Gasteiger partial charge in [0.2, 0.25) is 0 Å². The molecule has 0 unspecified atom stereocenters. The topological polar surface area (TPSA) is 55.4 Å². The Labute approximate surface area is 136 Å². The third-order valence-electron chi connectivity index (χ3n) is 3.47. The van der Waals surface area contributed by atoms with E-state index in [9.17, 15) is 0 Å². The summed E-state index contributed by atoms with van der Waals surface area (Å²) in [6.45, 7) is 2.25. The van der Waals surface area contributed by atoms with Crippen molar-refractivity contribution in [2.45, 2.75) is 77.2 Å². The van der Waals surface area contributed by atoms with Crippen molar-refractivity contribution in [3.8, 4) is 0 Å². The molecule has 0 aromatic heterocycles. The van der Waals surface area contributed by atoms with Crippen molar-refractivity contribution in [3.63, 3.8) is 0 Å². The van der Waals surface area contributed by atoms with E-state index in [1.54, 1.807) is 0 Å². The van der Waals surface area contributed by atoms with Crippen LogP contribution in [0.25, 0.3) is 0 Å². The van der Waals surface area contributed by atoms with Crippen LogP contribution in [-0.4, -0.2) is 30.1 Å². The fraction of sp³-hybridized carbons (Fsp3) is 1.00. The number of hydrogen-bond donors (Lipinski definition) is 0. The second kappa shape index (κ2) is 15.9. The molecule has 0 spiro atoms. The van der Waals surface area contributed by atoms with Crippen molar-refractivity contribution in [3.05, 3.63) is 0 Å². The van der Waals surface area contributed by atoms with Crippen molar-refractivity contribution in [2.24, 2.45) is 0 Å². The molecule has 0 aromatic rings. The van der Waals surface area contributed by atoms with E-state index in [0.29, 0.717) is 6.04 Å². The first-order valence-corrected chi connectivity index (χ1v) is 10.3. The maximum Gasteiger partial charge on any atom is 0.584 e. The van der Waals surface area contributed by atoms with Gasteiger partial charge in [0.15, 0.2) is 0 Å². The summed E-state index contributed by atoms with van der Waals surface area (Å²) < 4.78 is 15.4. The zero-order chi connectivity index (χ0) is 16.5. The summed E-state index contributed by atoms with van der Waals surface area (Å²) in [4.78, 5) is 14.1. The van der Waals surface area contributed by atoms with Gasteiger partial charge >= 0.3 is 8.80 Å². The smallest absolute Gasteiger partial charge is 0.246 e. The molecule has 0 aliphatic rings. The molecule has 0 atom stereocenters. The lowest BCUT2D eigenvalue weighted by atomic mass is 10.1. The fourth-order valence-electron chi connectivity index (χ4n) is 2.38. The molecule has 0 aliphatic heterocycles. The predicted molar refractivity (Wildman–Crippen MR) is 86.7 cm³/mol. The van der Waals surface area contributed by atoms with E-state index >= 15 is 0 Å². The van der Waals surface area contributed by atoms with Crippen LogP contribution in [0.15, 0.2) is 0 Å². The number of rotatable bonds is 17. The summed E-state index contributed by atoms with van der Waals surface area (Å²) in [6, 6.07) is 0.596. The molecule has 6 nitrogen and oxygen atoms in total. The molecule has 0 saturated carbocycles. The molecule has 0 aliphatic carbocycles. The molecule has 7 heteroatoms. The Morgan fingerprint density at radius 1 is 0.545 bits per heavy atom. The molecule has 0 heterocycles. The van der Waals surface area contributed by atoms with Crippen LogP contribution in [0.2, 0.25) is 6.04 Å². The van der Waals surface area contributed by atoms with Gasteiger partial charge in [-0.05, 0) is 6.42 Å². The maximum absolute atomic E-state index is 5.14. The van der Waals surface area contributed by atoms with Crippen LogP contribution in [0.5, 0.6) is 0 Å². The van der Waals surface area contributed by atoms with E-state index < -0.39 is 8.80 Å². The van der Waals surface area contributed by atoms with Crippen molar-refractivity contribution in [1.29, 1.82) is 0 Å². The molecule has 0 saturated heterocycles. The molecule has 0 rings (SSSR count). The average molecular weight is 339 g/mol. The van der Waals surface area contributed by atoms with Gasteiger partial charge in [-0.3, -0.25) is 0 Å². The van der Waals surface area contributed by atoms with Gasteiger partial charge in [-0.15, -0.1) is 0 Å². The Bertz CT molecular complexity index is 213. The molecule has 0 amide bonds. The van der Waals surface area contributed by atoms with Crippen LogP contribution in [0, 0.1) is 0 Å². The first-order chi connectivity index (χ1) is 10.7. The quantitative estimate of drug-likeness (QED) is 0.167. The largest absolute Gasteiger partial charge is 0.584 e. The van der Waals surface area contributed by atoms with Crippen molar-refractivity contribution in [1.82, 2.24) is 0 Å². The molecular weight excluding hydrogens is 304 g/mol. The van der Waals surface area contributed by atoms with Crippen molar-refractivity contribution in [2.75, 3.05) is 21.3 Å². The predicted octanol–water partition coefficient (Wildman–Crippen LogP) is 4.58. The Balaban J connectivity index is 3.70. The van der Waals surface area contributed by atoms with E-state index in [-0.39, 0.29) is 0 Å². The summed E-state index contributed by atoms with van der Waals surface area (Å²) in [7, 11) is 1.19. The third-order valence-corrected chi connectivity index (χ3v) is 5.70. The van der Waals surface area contributed by atoms with Gasteiger partial charge in [-0.2, -0.15) is 0 Å². The second-order valence-electron chi connectivity index (χ2n) is 5.36. The number of unbranched alkanes of at least 4 members (excludes halogenated alkanes) is 9. The van der Waals surface area contributed by atoms with Crippen LogP contribution < -0.4 is 0 Å². The zero-order valence-corrected chi connectivity index (χ0v) is 15.7. The van der Waals surface area contributed by atoms with E-state index in [2.05, 4.69) is 6.92 Å². The lowest BCUT2D eigenvalue weighted by molar-refractivity contribution is -0.343. The summed E-state index contributed by atoms with van der Waals surface area (Å²) in [5, 5.41) is 0. The van der Waals surface area contributed by atoms with Gasteiger partial charge in [0.05, 0.1) is 21.3 Å². The molecule has 22 heavy (non-hydrogen) atoms.